The number of cyclic esters (lactones) is 1. The van der Waals surface area contributed by atoms with E-state index in [2.05, 4.69) is 9.97 Å². The fourth-order valence-electron chi connectivity index (χ4n) is 3.65. The fraction of sp³-hybridized carbons (Fsp3) is 0.346. The first-order chi connectivity index (χ1) is 15.3. The van der Waals surface area contributed by atoms with Gasteiger partial charge in [0.25, 0.3) is 0 Å². The smallest absolute Gasteiger partial charge is 0.410 e. The van der Waals surface area contributed by atoms with Crippen molar-refractivity contribution in [2.24, 2.45) is 0 Å². The molecule has 4 rings (SSSR count). The second-order valence-corrected chi connectivity index (χ2v) is 8.55. The van der Waals surface area contributed by atoms with Crippen LogP contribution in [0, 0.1) is 0 Å². The van der Waals surface area contributed by atoms with Crippen LogP contribution in [-0.4, -0.2) is 44.3 Å². The van der Waals surface area contributed by atoms with Gasteiger partial charge in [-0.25, -0.2) is 14.8 Å². The van der Waals surface area contributed by atoms with Gasteiger partial charge >= 0.3 is 6.09 Å². The van der Waals surface area contributed by atoms with Crippen LogP contribution in [0.25, 0.3) is 11.3 Å². The summed E-state index contributed by atoms with van der Waals surface area (Å²) in [5, 5.41) is 9.92. The molecule has 6 heteroatoms. The first-order valence-electron chi connectivity index (χ1n) is 10.9. The van der Waals surface area contributed by atoms with E-state index >= 15 is 0 Å². The number of nitrogens with zero attached hydrogens (tertiary/aromatic N) is 3. The average Bonchev–Trinajstić information content (AvgIpc) is 2.80. The summed E-state index contributed by atoms with van der Waals surface area (Å²) < 4.78 is 5.52. The average molecular weight is 434 g/mol. The first-order valence-corrected chi connectivity index (χ1v) is 10.9. The first kappa shape index (κ1) is 23.4. The minimum atomic E-state index is -0.838. The van der Waals surface area contributed by atoms with E-state index in [4.69, 9.17) is 4.74 Å². The Kier molecular flexibility index (Phi) is 7.95. The van der Waals surface area contributed by atoms with Crippen molar-refractivity contribution in [3.63, 3.8) is 0 Å². The second-order valence-electron chi connectivity index (χ2n) is 8.55. The monoisotopic (exact) mass is 433 g/mol. The summed E-state index contributed by atoms with van der Waals surface area (Å²) in [6.45, 7) is 6.08. The molecule has 0 aliphatic carbocycles. The zero-order valence-electron chi connectivity index (χ0n) is 18.9. The van der Waals surface area contributed by atoms with Crippen molar-refractivity contribution in [2.75, 3.05) is 6.54 Å². The van der Waals surface area contributed by atoms with Gasteiger partial charge in [0.2, 0.25) is 0 Å². The highest BCUT2D eigenvalue weighted by atomic mass is 16.6. The number of hydrogen-bond acceptors (Lipinski definition) is 5. The quantitative estimate of drug-likeness (QED) is 0.594. The van der Waals surface area contributed by atoms with Crippen LogP contribution in [0.2, 0.25) is 0 Å². The van der Waals surface area contributed by atoms with Crippen molar-refractivity contribution in [2.45, 2.75) is 51.4 Å². The Bertz CT molecular complexity index is 930. The van der Waals surface area contributed by atoms with Gasteiger partial charge in [0.1, 0.15) is 12.4 Å². The SMILES string of the molecule is CC(c1ccc(-c2ccncn2)cc1)N1CCC(CC(C)(C)O)OC1=O.c1ccccc1. The van der Waals surface area contributed by atoms with Crippen molar-refractivity contribution in [1.82, 2.24) is 14.9 Å². The minimum absolute atomic E-state index is 0.0787. The number of rotatable bonds is 5. The zero-order chi connectivity index (χ0) is 23.0. The molecule has 3 aromatic rings. The molecule has 2 heterocycles. The number of amides is 1. The van der Waals surface area contributed by atoms with Crippen LogP contribution in [0.3, 0.4) is 0 Å². The molecule has 2 atom stereocenters. The molecule has 6 nitrogen and oxygen atoms in total. The Morgan fingerprint density at radius 1 is 1.09 bits per heavy atom. The van der Waals surface area contributed by atoms with Gasteiger partial charge in [-0.3, -0.25) is 0 Å². The van der Waals surface area contributed by atoms with E-state index in [1.54, 1.807) is 24.9 Å². The lowest BCUT2D eigenvalue weighted by Gasteiger charge is -2.37. The molecule has 2 aromatic carbocycles. The van der Waals surface area contributed by atoms with Crippen LogP contribution in [0.15, 0.2) is 79.3 Å². The molecule has 1 aromatic heterocycles. The molecule has 1 saturated heterocycles. The maximum atomic E-state index is 12.4. The standard InChI is InChI=1S/C20H25N3O3.C6H6/c1-14(23-11-9-17(26-19(23)24)12-20(2,3)25)15-4-6-16(7-5-15)18-8-10-21-13-22-18;1-2-4-6-5-3-1/h4-8,10,13-14,17,25H,9,11-12H2,1-3H3;1-6H. The molecular formula is C26H31N3O3. The molecule has 2 unspecified atom stereocenters. The van der Waals surface area contributed by atoms with Crippen molar-refractivity contribution in [1.29, 1.82) is 0 Å². The molecule has 168 valence electrons. The number of ether oxygens (including phenoxy) is 1. The van der Waals surface area contributed by atoms with Crippen molar-refractivity contribution >= 4 is 6.09 Å². The third-order valence-corrected chi connectivity index (χ3v) is 5.33. The molecule has 0 radical (unpaired) electrons. The Hall–Kier alpha value is -3.25. The number of carbonyl (C=O) groups excluding carboxylic acids is 1. The van der Waals surface area contributed by atoms with Crippen LogP contribution in [0.4, 0.5) is 4.79 Å². The number of carbonyl (C=O) groups is 1. The summed E-state index contributed by atoms with van der Waals surface area (Å²) in [7, 11) is 0. The van der Waals surface area contributed by atoms with Gasteiger partial charge in [-0.1, -0.05) is 60.7 Å². The van der Waals surface area contributed by atoms with Crippen LogP contribution in [0.5, 0.6) is 0 Å². The van der Waals surface area contributed by atoms with E-state index in [-0.39, 0.29) is 18.2 Å². The predicted molar refractivity (Wildman–Crippen MR) is 125 cm³/mol. The van der Waals surface area contributed by atoms with E-state index in [0.29, 0.717) is 13.0 Å². The number of aliphatic hydroxyl groups is 1. The largest absolute Gasteiger partial charge is 0.446 e. The van der Waals surface area contributed by atoms with E-state index in [9.17, 15) is 9.90 Å². The lowest BCUT2D eigenvalue weighted by atomic mass is 9.97. The van der Waals surface area contributed by atoms with E-state index in [1.807, 2.05) is 73.7 Å². The van der Waals surface area contributed by atoms with Crippen molar-refractivity contribution < 1.29 is 14.6 Å². The summed E-state index contributed by atoms with van der Waals surface area (Å²) in [4.78, 5) is 22.3. The van der Waals surface area contributed by atoms with E-state index in [1.165, 1.54) is 6.33 Å². The van der Waals surface area contributed by atoms with E-state index < -0.39 is 5.60 Å². The van der Waals surface area contributed by atoms with Crippen LogP contribution >= 0.6 is 0 Å². The highest BCUT2D eigenvalue weighted by molar-refractivity contribution is 5.69. The number of aromatic nitrogens is 2. The molecule has 0 bridgehead atoms. The Morgan fingerprint density at radius 3 is 2.22 bits per heavy atom. The summed E-state index contributed by atoms with van der Waals surface area (Å²) in [6, 6.07) is 21.8. The number of benzene rings is 2. The van der Waals surface area contributed by atoms with Gasteiger partial charge in [0, 0.05) is 31.1 Å². The molecule has 1 amide bonds. The summed E-state index contributed by atoms with van der Waals surface area (Å²) in [5.41, 5.74) is 2.08. The minimum Gasteiger partial charge on any atom is -0.446 e. The maximum absolute atomic E-state index is 12.4. The van der Waals surface area contributed by atoms with Crippen molar-refractivity contribution in [3.8, 4) is 11.3 Å². The molecule has 0 spiro atoms. The Labute approximate surface area is 189 Å². The molecule has 32 heavy (non-hydrogen) atoms. The van der Waals surface area contributed by atoms with Crippen LogP contribution in [-0.2, 0) is 4.74 Å². The topological polar surface area (TPSA) is 75.6 Å². The number of hydrogen-bond donors (Lipinski definition) is 1. The zero-order valence-corrected chi connectivity index (χ0v) is 18.9. The van der Waals surface area contributed by atoms with Gasteiger partial charge in [-0.15, -0.1) is 0 Å². The van der Waals surface area contributed by atoms with Crippen LogP contribution < -0.4 is 0 Å². The summed E-state index contributed by atoms with van der Waals surface area (Å²) in [6.07, 6.45) is 3.86. The molecule has 0 saturated carbocycles. The highest BCUT2D eigenvalue weighted by Gasteiger charge is 2.33. The molecular weight excluding hydrogens is 402 g/mol. The van der Waals surface area contributed by atoms with Gasteiger partial charge in [-0.2, -0.15) is 0 Å². The normalized spacial score (nSPS) is 17.1. The van der Waals surface area contributed by atoms with Gasteiger partial charge in [0.05, 0.1) is 17.3 Å². The highest BCUT2D eigenvalue weighted by Crippen LogP contribution is 2.29. The fourth-order valence-corrected chi connectivity index (χ4v) is 3.65. The Balaban J connectivity index is 0.000000416. The van der Waals surface area contributed by atoms with E-state index in [0.717, 1.165) is 23.2 Å². The predicted octanol–water partition coefficient (Wildman–Crippen LogP) is 5.26. The van der Waals surface area contributed by atoms with Crippen molar-refractivity contribution in [3.05, 3.63) is 84.8 Å². The second kappa shape index (κ2) is 10.9. The maximum Gasteiger partial charge on any atom is 0.410 e. The third-order valence-electron chi connectivity index (χ3n) is 5.33. The van der Waals surface area contributed by atoms with Gasteiger partial charge in [-0.05, 0) is 32.4 Å². The van der Waals surface area contributed by atoms with Gasteiger partial charge in [0.15, 0.2) is 0 Å². The third kappa shape index (κ3) is 6.89. The molecule has 1 aliphatic rings. The summed E-state index contributed by atoms with van der Waals surface area (Å²) in [5.74, 6) is 0. The van der Waals surface area contributed by atoms with Gasteiger partial charge < -0.3 is 14.7 Å². The molecule has 1 fully saturated rings. The molecule has 1 aliphatic heterocycles. The lowest BCUT2D eigenvalue weighted by Crippen LogP contribution is -2.45. The summed E-state index contributed by atoms with van der Waals surface area (Å²) >= 11 is 0. The Morgan fingerprint density at radius 2 is 1.72 bits per heavy atom. The van der Waals surface area contributed by atoms with Crippen LogP contribution in [0.1, 0.15) is 45.2 Å². The lowest BCUT2D eigenvalue weighted by molar-refractivity contribution is -0.0309. The molecule has 1 N–H and O–H groups in total.